The SMILES string of the molecule is COC1CCC(Nc2ncc(N)c(N[C@@H]3CCCC[C@](C)(O)C3)n2)CC1. The summed E-state index contributed by atoms with van der Waals surface area (Å²) in [4.78, 5) is 8.95. The number of nitrogens with zero attached hydrogens (tertiary/aromatic N) is 2. The Bertz CT molecular complexity index is 587. The number of aliphatic hydroxyl groups is 1. The Morgan fingerprint density at radius 1 is 1.15 bits per heavy atom. The molecule has 0 radical (unpaired) electrons. The molecule has 5 N–H and O–H groups in total. The zero-order chi connectivity index (χ0) is 18.6. The highest BCUT2D eigenvalue weighted by Gasteiger charge is 2.28. The van der Waals surface area contributed by atoms with Crippen molar-refractivity contribution in [2.24, 2.45) is 0 Å². The third-order valence-corrected chi connectivity index (χ3v) is 5.70. The molecule has 2 atom stereocenters. The summed E-state index contributed by atoms with van der Waals surface area (Å²) >= 11 is 0. The van der Waals surface area contributed by atoms with Crippen LogP contribution in [0.2, 0.25) is 0 Å². The van der Waals surface area contributed by atoms with E-state index in [2.05, 4.69) is 20.6 Å². The first kappa shape index (κ1) is 19.2. The summed E-state index contributed by atoms with van der Waals surface area (Å²) in [5, 5.41) is 17.3. The van der Waals surface area contributed by atoms with Gasteiger partial charge in [-0.2, -0.15) is 4.98 Å². The second-order valence-electron chi connectivity index (χ2n) is 8.14. The van der Waals surface area contributed by atoms with Crippen LogP contribution < -0.4 is 16.4 Å². The van der Waals surface area contributed by atoms with Gasteiger partial charge in [0.1, 0.15) is 0 Å². The average molecular weight is 364 g/mol. The number of rotatable bonds is 5. The van der Waals surface area contributed by atoms with Gasteiger partial charge in [-0.1, -0.05) is 12.8 Å². The van der Waals surface area contributed by atoms with E-state index in [4.69, 9.17) is 10.5 Å². The number of methoxy groups -OCH3 is 1. The largest absolute Gasteiger partial charge is 0.394 e. The molecule has 0 amide bonds. The van der Waals surface area contributed by atoms with Crippen molar-refractivity contribution in [3.8, 4) is 0 Å². The molecule has 7 heteroatoms. The van der Waals surface area contributed by atoms with Crippen LogP contribution >= 0.6 is 0 Å². The number of nitrogens with two attached hydrogens (primary N) is 1. The van der Waals surface area contributed by atoms with Gasteiger partial charge in [-0.15, -0.1) is 0 Å². The molecule has 2 saturated carbocycles. The van der Waals surface area contributed by atoms with Gasteiger partial charge in [0.2, 0.25) is 5.95 Å². The minimum atomic E-state index is -0.628. The van der Waals surface area contributed by atoms with Crippen LogP contribution in [0.3, 0.4) is 0 Å². The number of anilines is 3. The predicted molar refractivity (Wildman–Crippen MR) is 104 cm³/mol. The Balaban J connectivity index is 1.62. The number of nitrogen functional groups attached to an aromatic ring is 1. The van der Waals surface area contributed by atoms with Crippen molar-refractivity contribution < 1.29 is 9.84 Å². The van der Waals surface area contributed by atoms with Gasteiger partial charge in [-0.3, -0.25) is 0 Å². The smallest absolute Gasteiger partial charge is 0.224 e. The monoisotopic (exact) mass is 363 g/mol. The van der Waals surface area contributed by atoms with Gasteiger partial charge in [-0.25, -0.2) is 4.98 Å². The normalized spacial score (nSPS) is 32.7. The van der Waals surface area contributed by atoms with Crippen LogP contribution in [0.5, 0.6) is 0 Å². The van der Waals surface area contributed by atoms with Crippen molar-refractivity contribution in [3.63, 3.8) is 0 Å². The zero-order valence-electron chi connectivity index (χ0n) is 16.0. The fourth-order valence-electron chi connectivity index (χ4n) is 4.15. The van der Waals surface area contributed by atoms with Gasteiger partial charge in [0.05, 0.1) is 23.6 Å². The lowest BCUT2D eigenvalue weighted by molar-refractivity contribution is 0.0420. The maximum Gasteiger partial charge on any atom is 0.224 e. The first-order valence-corrected chi connectivity index (χ1v) is 9.86. The van der Waals surface area contributed by atoms with Crippen LogP contribution in [0, 0.1) is 0 Å². The van der Waals surface area contributed by atoms with Gasteiger partial charge in [-0.05, 0) is 51.9 Å². The van der Waals surface area contributed by atoms with E-state index in [0.29, 0.717) is 36.0 Å². The third kappa shape index (κ3) is 5.20. The Kier molecular flexibility index (Phi) is 6.19. The number of hydrogen-bond acceptors (Lipinski definition) is 7. The van der Waals surface area contributed by atoms with Crippen LogP contribution in [0.4, 0.5) is 17.5 Å². The van der Waals surface area contributed by atoms with Gasteiger partial charge < -0.3 is 26.2 Å². The standard InChI is InChI=1S/C19H33N5O2/c1-19(25)10-4-3-5-14(11-19)22-17-16(20)12-21-18(24-17)23-13-6-8-15(26-2)9-7-13/h12-15,25H,3-11,20H2,1-2H3,(H2,21,22,23,24)/t13?,14-,15?,19+/m1/s1. The molecule has 0 spiro atoms. The molecule has 0 aliphatic heterocycles. The maximum absolute atomic E-state index is 10.5. The van der Waals surface area contributed by atoms with Gasteiger partial charge in [0, 0.05) is 19.2 Å². The highest BCUT2D eigenvalue weighted by molar-refractivity contribution is 5.62. The molecule has 1 aromatic rings. The zero-order valence-corrected chi connectivity index (χ0v) is 16.0. The highest BCUT2D eigenvalue weighted by atomic mass is 16.5. The van der Waals surface area contributed by atoms with E-state index >= 15 is 0 Å². The summed E-state index contributed by atoms with van der Waals surface area (Å²) in [6.07, 6.45) is 11.0. The molecule has 2 aliphatic rings. The first-order valence-electron chi connectivity index (χ1n) is 9.86. The van der Waals surface area contributed by atoms with Gasteiger partial charge in [0.15, 0.2) is 5.82 Å². The molecule has 0 saturated heterocycles. The number of ether oxygens (including phenoxy) is 1. The number of nitrogens with one attached hydrogen (secondary N) is 2. The van der Waals surface area contributed by atoms with E-state index in [1.165, 1.54) is 0 Å². The van der Waals surface area contributed by atoms with Crippen LogP contribution in [0.1, 0.15) is 64.7 Å². The van der Waals surface area contributed by atoms with E-state index in [1.807, 2.05) is 6.92 Å². The molecular formula is C19H33N5O2. The van der Waals surface area contributed by atoms with E-state index < -0.39 is 5.60 Å². The first-order chi connectivity index (χ1) is 12.4. The molecule has 2 fully saturated rings. The molecule has 0 unspecified atom stereocenters. The summed E-state index contributed by atoms with van der Waals surface area (Å²) < 4.78 is 5.43. The van der Waals surface area contributed by atoms with E-state index in [9.17, 15) is 5.11 Å². The van der Waals surface area contributed by atoms with Crippen molar-refractivity contribution in [1.29, 1.82) is 0 Å². The van der Waals surface area contributed by atoms with Crippen molar-refractivity contribution in [2.45, 2.75) is 88.5 Å². The number of hydrogen-bond donors (Lipinski definition) is 4. The molecule has 0 aromatic carbocycles. The Hall–Kier alpha value is -1.60. The summed E-state index contributed by atoms with van der Waals surface area (Å²) in [6, 6.07) is 0.547. The van der Waals surface area contributed by atoms with E-state index in [1.54, 1.807) is 13.3 Å². The molecule has 1 aromatic heterocycles. The van der Waals surface area contributed by atoms with Gasteiger partial charge in [0.25, 0.3) is 0 Å². The van der Waals surface area contributed by atoms with Crippen molar-refractivity contribution in [1.82, 2.24) is 9.97 Å². The van der Waals surface area contributed by atoms with Crippen LogP contribution in [0.25, 0.3) is 0 Å². The average Bonchev–Trinajstić information content (AvgIpc) is 2.78. The molecule has 7 nitrogen and oxygen atoms in total. The van der Waals surface area contributed by atoms with Crippen LogP contribution in [-0.2, 0) is 4.74 Å². The fourth-order valence-corrected chi connectivity index (χ4v) is 4.15. The maximum atomic E-state index is 10.5. The summed E-state index contributed by atoms with van der Waals surface area (Å²) in [7, 11) is 1.78. The van der Waals surface area contributed by atoms with E-state index in [0.717, 1.165) is 51.4 Å². The Morgan fingerprint density at radius 2 is 1.92 bits per heavy atom. The number of aromatic nitrogens is 2. The third-order valence-electron chi connectivity index (χ3n) is 5.70. The van der Waals surface area contributed by atoms with Crippen molar-refractivity contribution in [2.75, 3.05) is 23.5 Å². The lowest BCUT2D eigenvalue weighted by Crippen LogP contribution is -2.32. The molecule has 1 heterocycles. The minimum absolute atomic E-state index is 0.176. The molecular weight excluding hydrogens is 330 g/mol. The molecule has 2 aliphatic carbocycles. The molecule has 3 rings (SSSR count). The summed E-state index contributed by atoms with van der Waals surface area (Å²) in [5.41, 5.74) is 6.00. The van der Waals surface area contributed by atoms with E-state index in [-0.39, 0.29) is 6.04 Å². The molecule has 146 valence electrons. The topological polar surface area (TPSA) is 105 Å². The van der Waals surface area contributed by atoms with Crippen molar-refractivity contribution in [3.05, 3.63) is 6.20 Å². The molecule has 26 heavy (non-hydrogen) atoms. The van der Waals surface area contributed by atoms with Crippen LogP contribution in [0.15, 0.2) is 6.20 Å². The lowest BCUT2D eigenvalue weighted by Gasteiger charge is -2.28. The summed E-state index contributed by atoms with van der Waals surface area (Å²) in [6.45, 7) is 1.92. The van der Waals surface area contributed by atoms with Gasteiger partial charge >= 0.3 is 0 Å². The fraction of sp³-hybridized carbons (Fsp3) is 0.789. The summed E-state index contributed by atoms with van der Waals surface area (Å²) in [5.74, 6) is 1.28. The minimum Gasteiger partial charge on any atom is -0.394 e. The van der Waals surface area contributed by atoms with Crippen LogP contribution in [-0.4, -0.2) is 46.0 Å². The second kappa shape index (κ2) is 8.39. The quantitative estimate of drug-likeness (QED) is 0.596. The molecule has 0 bridgehead atoms. The Labute approximate surface area is 156 Å². The second-order valence-corrected chi connectivity index (χ2v) is 8.14. The Morgan fingerprint density at radius 3 is 2.65 bits per heavy atom. The predicted octanol–water partition coefficient (Wildman–Crippen LogP) is 2.92. The van der Waals surface area contributed by atoms with Crippen molar-refractivity contribution >= 4 is 17.5 Å². The lowest BCUT2D eigenvalue weighted by atomic mass is 9.93. The highest BCUT2D eigenvalue weighted by Crippen LogP contribution is 2.30.